The van der Waals surface area contributed by atoms with Crippen LogP contribution in [0, 0.1) is 24.1 Å². The van der Waals surface area contributed by atoms with Crippen LogP contribution >= 0.6 is 0 Å². The lowest BCUT2D eigenvalue weighted by molar-refractivity contribution is -0.145. The normalized spacial score (nSPS) is 11.6. The Hall–Kier alpha value is -3.91. The summed E-state index contributed by atoms with van der Waals surface area (Å²) in [5.41, 5.74) is 1.71. The molecule has 4 nitrogen and oxygen atoms in total. The molecule has 0 aliphatic rings. The van der Waals surface area contributed by atoms with E-state index in [2.05, 4.69) is 0 Å². The molecule has 0 fully saturated rings. The smallest absolute Gasteiger partial charge is 0.311 e. The summed E-state index contributed by atoms with van der Waals surface area (Å²) >= 11 is 0. The Labute approximate surface area is 174 Å². The first kappa shape index (κ1) is 20.8. The molecule has 0 aliphatic carbocycles. The van der Waals surface area contributed by atoms with Crippen molar-refractivity contribution >= 4 is 12.0 Å². The zero-order valence-corrected chi connectivity index (χ0v) is 16.4. The fraction of sp³-hybridized carbons (Fsp3) is 0.120. The molecule has 0 aliphatic heterocycles. The molecule has 3 rings (SSSR count). The van der Waals surface area contributed by atoms with Crippen LogP contribution in [0.5, 0.6) is 11.5 Å². The van der Waals surface area contributed by atoms with Crippen molar-refractivity contribution in [1.82, 2.24) is 0 Å². The highest BCUT2D eigenvalue weighted by atomic mass is 19.1. The van der Waals surface area contributed by atoms with Crippen molar-refractivity contribution in [3.8, 4) is 17.6 Å². The number of carbonyl (C=O) groups excluding carboxylic acids is 1. The van der Waals surface area contributed by atoms with Gasteiger partial charge in [0.2, 0.25) is 6.10 Å². The summed E-state index contributed by atoms with van der Waals surface area (Å²) in [6.07, 6.45) is 1.89. The minimum Gasteiger partial charge on any atom is -0.457 e. The summed E-state index contributed by atoms with van der Waals surface area (Å²) < 4.78 is 24.9. The van der Waals surface area contributed by atoms with Gasteiger partial charge in [0.25, 0.3) is 0 Å². The molecule has 1 unspecified atom stereocenters. The predicted octanol–water partition coefficient (Wildman–Crippen LogP) is 6.14. The second-order valence-corrected chi connectivity index (χ2v) is 6.62. The number of ether oxygens (including phenoxy) is 2. The second-order valence-electron chi connectivity index (χ2n) is 6.62. The number of carbonyl (C=O) groups is 1. The number of esters is 1. The molecule has 0 amide bonds. The summed E-state index contributed by atoms with van der Waals surface area (Å²) in [7, 11) is 0. The maximum atomic E-state index is 13.8. The molecule has 3 aromatic carbocycles. The van der Waals surface area contributed by atoms with Gasteiger partial charge in [-0.2, -0.15) is 5.26 Å². The number of para-hydroxylation sites is 1. The zero-order chi connectivity index (χ0) is 21.3. The molecule has 3 aromatic rings. The molecule has 5 heteroatoms. The fourth-order valence-corrected chi connectivity index (χ4v) is 2.76. The maximum Gasteiger partial charge on any atom is 0.311 e. The highest BCUT2D eigenvalue weighted by Gasteiger charge is 2.16. The second kappa shape index (κ2) is 10.0. The van der Waals surface area contributed by atoms with Gasteiger partial charge >= 0.3 is 5.97 Å². The van der Waals surface area contributed by atoms with Crippen molar-refractivity contribution in [1.29, 1.82) is 5.26 Å². The SMILES string of the molecule is Cc1ccc(C=CCC(=O)OC(C#N)c2cccc(Oc3ccccc3)c2)c(F)c1. The van der Waals surface area contributed by atoms with E-state index in [4.69, 9.17) is 9.47 Å². The molecule has 0 heterocycles. The number of nitriles is 1. The van der Waals surface area contributed by atoms with Crippen molar-refractivity contribution in [2.45, 2.75) is 19.4 Å². The Bertz CT molecular complexity index is 1090. The number of benzene rings is 3. The van der Waals surface area contributed by atoms with Crippen molar-refractivity contribution in [3.05, 3.63) is 101 Å². The van der Waals surface area contributed by atoms with E-state index in [9.17, 15) is 14.4 Å². The van der Waals surface area contributed by atoms with E-state index in [1.165, 1.54) is 18.2 Å². The van der Waals surface area contributed by atoms with Crippen LogP contribution in [0.25, 0.3) is 6.08 Å². The lowest BCUT2D eigenvalue weighted by Crippen LogP contribution is -2.09. The van der Waals surface area contributed by atoms with Gasteiger partial charge in [-0.3, -0.25) is 4.79 Å². The lowest BCUT2D eigenvalue weighted by Gasteiger charge is -2.12. The van der Waals surface area contributed by atoms with E-state index in [0.29, 0.717) is 22.6 Å². The van der Waals surface area contributed by atoms with Crippen LogP contribution < -0.4 is 4.74 Å². The summed E-state index contributed by atoms with van der Waals surface area (Å²) in [6, 6.07) is 22.9. The summed E-state index contributed by atoms with van der Waals surface area (Å²) in [4.78, 5) is 12.1. The molecular weight excluding hydrogens is 381 g/mol. The van der Waals surface area contributed by atoms with Crippen LogP contribution in [-0.2, 0) is 9.53 Å². The van der Waals surface area contributed by atoms with Gasteiger partial charge in [-0.15, -0.1) is 0 Å². The quantitative estimate of drug-likeness (QED) is 0.446. The Morgan fingerprint density at radius 3 is 2.57 bits per heavy atom. The lowest BCUT2D eigenvalue weighted by atomic mass is 10.1. The van der Waals surface area contributed by atoms with Crippen LogP contribution in [0.15, 0.2) is 78.9 Å². The van der Waals surface area contributed by atoms with Gasteiger partial charge in [-0.1, -0.05) is 54.6 Å². The number of hydrogen-bond acceptors (Lipinski definition) is 4. The first-order valence-corrected chi connectivity index (χ1v) is 9.40. The van der Waals surface area contributed by atoms with Gasteiger partial charge in [0.05, 0.1) is 6.42 Å². The third-order valence-corrected chi connectivity index (χ3v) is 4.24. The van der Waals surface area contributed by atoms with E-state index < -0.39 is 12.1 Å². The molecule has 0 N–H and O–H groups in total. The molecule has 0 spiro atoms. The predicted molar refractivity (Wildman–Crippen MR) is 112 cm³/mol. The standard InChI is InChI=1S/C25H20FNO3/c1-18-13-14-19(23(26)15-18)7-6-12-25(28)30-24(17-27)20-8-5-11-22(16-20)29-21-9-3-2-4-10-21/h2-11,13-16,24H,12H2,1H3. The fourth-order valence-electron chi connectivity index (χ4n) is 2.76. The average molecular weight is 401 g/mol. The molecule has 1 atom stereocenters. The molecule has 150 valence electrons. The first-order chi connectivity index (χ1) is 14.5. The Morgan fingerprint density at radius 2 is 1.83 bits per heavy atom. The van der Waals surface area contributed by atoms with Gasteiger partial charge in [0, 0.05) is 11.1 Å². The Morgan fingerprint density at radius 1 is 1.07 bits per heavy atom. The van der Waals surface area contributed by atoms with E-state index in [0.717, 1.165) is 5.56 Å². The molecule has 0 bridgehead atoms. The molecule has 0 saturated carbocycles. The third kappa shape index (κ3) is 5.79. The zero-order valence-electron chi connectivity index (χ0n) is 16.4. The minimum absolute atomic E-state index is 0.0777. The van der Waals surface area contributed by atoms with Crippen LogP contribution in [0.3, 0.4) is 0 Å². The van der Waals surface area contributed by atoms with E-state index >= 15 is 0 Å². The number of rotatable bonds is 7. The number of aryl methyl sites for hydroxylation is 1. The summed E-state index contributed by atoms with van der Waals surface area (Å²) in [5, 5.41) is 9.44. The van der Waals surface area contributed by atoms with E-state index in [-0.39, 0.29) is 12.2 Å². The monoisotopic (exact) mass is 401 g/mol. The van der Waals surface area contributed by atoms with Crippen LogP contribution in [-0.4, -0.2) is 5.97 Å². The molecular formula is C25H20FNO3. The average Bonchev–Trinajstić information content (AvgIpc) is 2.74. The minimum atomic E-state index is -1.07. The third-order valence-electron chi connectivity index (χ3n) is 4.24. The Kier molecular flexibility index (Phi) is 6.96. The maximum absolute atomic E-state index is 13.8. The van der Waals surface area contributed by atoms with Gasteiger partial charge in [-0.25, -0.2) is 4.39 Å². The van der Waals surface area contributed by atoms with Crippen LogP contribution in [0.1, 0.15) is 29.2 Å². The molecule has 0 radical (unpaired) electrons. The van der Waals surface area contributed by atoms with E-state index in [1.807, 2.05) is 36.4 Å². The Balaban J connectivity index is 1.62. The van der Waals surface area contributed by atoms with Gasteiger partial charge in [0.1, 0.15) is 23.4 Å². The van der Waals surface area contributed by atoms with E-state index in [1.54, 1.807) is 43.3 Å². The van der Waals surface area contributed by atoms with Crippen LogP contribution in [0.4, 0.5) is 4.39 Å². The van der Waals surface area contributed by atoms with Crippen LogP contribution in [0.2, 0.25) is 0 Å². The highest BCUT2D eigenvalue weighted by molar-refractivity contribution is 5.73. The van der Waals surface area contributed by atoms with Crippen molar-refractivity contribution < 1.29 is 18.7 Å². The molecule has 30 heavy (non-hydrogen) atoms. The van der Waals surface area contributed by atoms with Crippen molar-refractivity contribution in [2.75, 3.05) is 0 Å². The number of hydrogen-bond donors (Lipinski definition) is 0. The number of halogens is 1. The van der Waals surface area contributed by atoms with Gasteiger partial charge in [0.15, 0.2) is 0 Å². The summed E-state index contributed by atoms with van der Waals surface area (Å²) in [5.74, 6) is 0.253. The molecule has 0 saturated heterocycles. The first-order valence-electron chi connectivity index (χ1n) is 9.40. The van der Waals surface area contributed by atoms with Crippen molar-refractivity contribution in [2.24, 2.45) is 0 Å². The topological polar surface area (TPSA) is 59.3 Å². The van der Waals surface area contributed by atoms with Gasteiger partial charge in [-0.05, 0) is 42.8 Å². The number of nitrogens with zero attached hydrogens (tertiary/aromatic N) is 1. The largest absolute Gasteiger partial charge is 0.457 e. The van der Waals surface area contributed by atoms with Gasteiger partial charge < -0.3 is 9.47 Å². The molecule has 0 aromatic heterocycles. The summed E-state index contributed by atoms with van der Waals surface area (Å²) in [6.45, 7) is 1.80. The van der Waals surface area contributed by atoms with Crippen molar-refractivity contribution in [3.63, 3.8) is 0 Å². The highest BCUT2D eigenvalue weighted by Crippen LogP contribution is 2.26.